The molecule has 0 saturated heterocycles. The standard InChI is InChI=1S/C47H44N2OPS.C44H40N2OPS.C38H32N2OP.3Pt/c1-31-22-23-44(52-31)39-18-9-11-20-43(39)51(45-21-12-13-24-48-45)37-16-14-15-32(27-37)40-28-34(29-41(49-40)38-17-8-10-19-42(38)50)33-25-35(46(2,3)4)30-36(26-33)47(5,6)7;1-43(2,3)33-23-31(24-34(28-33)44(4,5)6)32-26-37(46-38(27-32)36-16-7-8-17-39(36)47)30-14-11-15-35(25-30)48(41-19-9-10-21-45-41)40-18-12-13-29-20-22-49-42(29)40;1-27(2)22-28-23-35(40-36(24-28)34-18-6-7-19-37(34)41)31-15-11-17-33(26-31)42(38-20-8-9-21-39-38)32-16-10-14-30(25-32)29-12-4-3-5-13-29;;;/h8-26,28-30,50H,1-7H3;7-24,26-28,47H,1-6H3;3-21,23-25,27,41H,22H2,1-2H3;;;/q3*-1;;;. The number of para-hydroxylation sites is 3. The summed E-state index contributed by atoms with van der Waals surface area (Å²) in [5, 5.41) is 43.0. The van der Waals surface area contributed by atoms with E-state index in [4.69, 9.17) is 29.9 Å². The number of fused-ring (bicyclic) bond motifs is 1. The molecule has 740 valence electrons. The molecule has 12 aromatic carbocycles. The van der Waals surface area contributed by atoms with Crippen molar-refractivity contribution in [1.82, 2.24) is 29.9 Å². The first-order valence-electron chi connectivity index (χ1n) is 48.6. The maximum atomic E-state index is 11.0. The van der Waals surface area contributed by atoms with Crippen molar-refractivity contribution in [2.75, 3.05) is 0 Å². The summed E-state index contributed by atoms with van der Waals surface area (Å²) in [5.41, 5.74) is 26.8. The molecule has 0 saturated carbocycles. The minimum absolute atomic E-state index is 0. The van der Waals surface area contributed by atoms with Crippen LogP contribution in [0.1, 0.15) is 130 Å². The number of aromatic hydroxyl groups is 3. The summed E-state index contributed by atoms with van der Waals surface area (Å²) in [6.45, 7) is 33.8. The van der Waals surface area contributed by atoms with E-state index < -0.39 is 23.8 Å². The molecule has 0 radical (unpaired) electrons. The fourth-order valence-electron chi connectivity index (χ4n) is 17.7. The zero-order valence-electron chi connectivity index (χ0n) is 84.4. The molecule has 8 heterocycles. The number of hydrogen-bond donors (Lipinski definition) is 3. The van der Waals surface area contributed by atoms with Crippen LogP contribution in [0.5, 0.6) is 17.2 Å². The van der Waals surface area contributed by atoms with E-state index in [0.29, 0.717) is 22.7 Å². The second-order valence-electron chi connectivity index (χ2n) is 40.6. The number of pyridine rings is 6. The maximum absolute atomic E-state index is 11.0. The third-order valence-corrected chi connectivity index (χ3v) is 34.4. The van der Waals surface area contributed by atoms with Crippen LogP contribution < -0.4 is 48.1 Å². The van der Waals surface area contributed by atoms with Crippen LogP contribution in [0.2, 0.25) is 0 Å². The third kappa shape index (κ3) is 25.7. The second-order valence-corrected chi connectivity index (χ2v) is 49.1. The van der Waals surface area contributed by atoms with Crippen molar-refractivity contribution in [1.29, 1.82) is 0 Å². The van der Waals surface area contributed by atoms with E-state index in [1.165, 1.54) is 80.3 Å². The topological polar surface area (TPSA) is 138 Å². The zero-order chi connectivity index (χ0) is 99.9. The summed E-state index contributed by atoms with van der Waals surface area (Å²) in [6.07, 6.45) is 6.55. The molecular formula is C129H116N6O3P3Pt3S2-3. The Bertz CT molecular complexity index is 7870. The van der Waals surface area contributed by atoms with Crippen LogP contribution in [0.25, 0.3) is 121 Å². The van der Waals surface area contributed by atoms with Crippen LogP contribution in [-0.2, 0) is 91.3 Å². The number of phenols is 3. The molecule has 0 aliphatic rings. The molecule has 0 spiro atoms. The fourth-order valence-corrected chi connectivity index (χ4v) is 26.6. The van der Waals surface area contributed by atoms with Crippen molar-refractivity contribution in [3.8, 4) is 129 Å². The van der Waals surface area contributed by atoms with E-state index >= 15 is 0 Å². The number of aryl methyl sites for hydroxylation is 1. The minimum atomic E-state index is -1.06. The average Bonchev–Trinajstić information content (AvgIpc) is 1.08. The first kappa shape index (κ1) is 108. The van der Waals surface area contributed by atoms with Crippen molar-refractivity contribution >= 4 is 105 Å². The predicted molar refractivity (Wildman–Crippen MR) is 609 cm³/mol. The van der Waals surface area contributed by atoms with Crippen molar-refractivity contribution in [2.24, 2.45) is 5.92 Å². The van der Waals surface area contributed by atoms with Crippen LogP contribution in [0, 0.1) is 31.0 Å². The predicted octanol–water partition coefficient (Wildman–Crippen LogP) is 29.9. The van der Waals surface area contributed by atoms with E-state index in [1.807, 2.05) is 109 Å². The summed E-state index contributed by atoms with van der Waals surface area (Å²) >= 11 is 3.59. The second kappa shape index (κ2) is 47.4. The smallest absolute Gasteiger partial charge is 0.124 e. The number of hydrogen-bond acceptors (Lipinski definition) is 11. The Morgan fingerprint density at radius 1 is 0.308 bits per heavy atom. The van der Waals surface area contributed by atoms with Crippen LogP contribution in [0.15, 0.2) is 394 Å². The van der Waals surface area contributed by atoms with Gasteiger partial charge < -0.3 is 15.3 Å². The molecule has 17 heteroatoms. The SMILES string of the molecule is CC(C)(C)c1cc(-c2cc(-c3[c-]c(P(c4ccccn4)c4cccc5ccsc45)ccc3)nc(-c3ccccc3O)c2)cc(C(C)(C)C)c1.CC(C)Cc1cc(-c2[c-]c(P(c3cccc(-c4ccccc4)c3)c3ccccn3)ccc2)nc(-c2ccccc2O)c1.Cc1ccc(-c2ccccc2P(c2[c-]c(-c3cc(-c4cc(C(C)(C)C)cc(C(C)(C)C)c4)cc(-c4ccccc4O)n3)ccc2)c2ccccn2)s1.[Pt].[Pt].[Pt]. The molecular weight excluding hydrogens is 2420 g/mol. The number of nitrogens with zero attached hydrogens (tertiary/aromatic N) is 6. The molecule has 9 nitrogen and oxygen atoms in total. The Labute approximate surface area is 915 Å². The van der Waals surface area contributed by atoms with E-state index in [-0.39, 0.29) is 102 Å². The van der Waals surface area contributed by atoms with Gasteiger partial charge in [-0.15, -0.1) is 112 Å². The number of aromatic nitrogens is 6. The van der Waals surface area contributed by atoms with Gasteiger partial charge >= 0.3 is 0 Å². The van der Waals surface area contributed by atoms with Gasteiger partial charge in [-0.1, -0.05) is 319 Å². The summed E-state index contributed by atoms with van der Waals surface area (Å²) in [4.78, 5) is 32.6. The van der Waals surface area contributed by atoms with Gasteiger partial charge in [0.25, 0.3) is 0 Å². The molecule has 20 rings (SSSR count). The van der Waals surface area contributed by atoms with Crippen LogP contribution in [0.3, 0.4) is 0 Å². The van der Waals surface area contributed by atoms with Crippen molar-refractivity contribution in [2.45, 2.75) is 132 Å². The molecule has 0 aliphatic carbocycles. The molecule has 146 heavy (non-hydrogen) atoms. The maximum Gasteiger partial charge on any atom is 0.124 e. The van der Waals surface area contributed by atoms with Gasteiger partial charge in [-0.05, 0) is 280 Å². The summed E-state index contributed by atoms with van der Waals surface area (Å²) in [7, 11) is -3.02. The van der Waals surface area contributed by atoms with Gasteiger partial charge in [0.2, 0.25) is 0 Å². The Morgan fingerprint density at radius 3 is 1.10 bits per heavy atom. The van der Waals surface area contributed by atoms with E-state index in [2.05, 4.69) is 400 Å². The zero-order valence-corrected chi connectivity index (χ0v) is 95.6. The Kier molecular flexibility index (Phi) is 35.1. The molecule has 0 amide bonds. The minimum Gasteiger partial charge on any atom is -0.507 e. The van der Waals surface area contributed by atoms with Gasteiger partial charge in [0.1, 0.15) is 17.2 Å². The first-order chi connectivity index (χ1) is 68.8. The summed E-state index contributed by atoms with van der Waals surface area (Å²) in [5.74, 6) is 1.13. The molecule has 8 aromatic heterocycles. The van der Waals surface area contributed by atoms with Gasteiger partial charge in [0, 0.05) is 118 Å². The van der Waals surface area contributed by atoms with E-state index in [9.17, 15) is 15.3 Å². The molecule has 3 N–H and O–H groups in total. The van der Waals surface area contributed by atoms with Gasteiger partial charge in [-0.3, -0.25) is 29.9 Å². The largest absolute Gasteiger partial charge is 0.507 e. The molecule has 20 aromatic rings. The van der Waals surface area contributed by atoms with Gasteiger partial charge in [0.05, 0.1) is 33.4 Å². The van der Waals surface area contributed by atoms with E-state index in [0.717, 1.165) is 112 Å². The van der Waals surface area contributed by atoms with Crippen molar-refractivity contribution < 1.29 is 78.5 Å². The molecule has 3 unspecified atom stereocenters. The van der Waals surface area contributed by atoms with Crippen LogP contribution in [-0.4, -0.2) is 45.2 Å². The number of thiophene rings is 2. The monoisotopic (exact) mass is 2540 g/mol. The quantitative estimate of drug-likeness (QED) is 0.0474. The fraction of sp³-hybridized carbons (Fsp3) is 0.163. The van der Waals surface area contributed by atoms with Crippen LogP contribution in [0.4, 0.5) is 0 Å². The Balaban J connectivity index is 0.000000164. The van der Waals surface area contributed by atoms with Crippen LogP contribution >= 0.6 is 46.4 Å². The molecule has 0 aliphatic heterocycles. The summed E-state index contributed by atoms with van der Waals surface area (Å²) < 4.78 is 1.29. The van der Waals surface area contributed by atoms with Crippen molar-refractivity contribution in [3.05, 3.63) is 445 Å². The van der Waals surface area contributed by atoms with Gasteiger partial charge in [0.15, 0.2) is 0 Å². The van der Waals surface area contributed by atoms with Gasteiger partial charge in [-0.25, -0.2) is 0 Å². The van der Waals surface area contributed by atoms with E-state index in [1.54, 1.807) is 29.5 Å². The van der Waals surface area contributed by atoms with Gasteiger partial charge in [-0.2, -0.15) is 0 Å². The average molecular weight is 2540 g/mol. The number of rotatable bonds is 21. The molecule has 3 atom stereocenters. The Morgan fingerprint density at radius 2 is 0.671 bits per heavy atom. The molecule has 0 bridgehead atoms. The Hall–Kier alpha value is -12.0. The molecule has 0 fully saturated rings. The number of benzene rings is 12. The third-order valence-electron chi connectivity index (χ3n) is 25.3. The van der Waals surface area contributed by atoms with Crippen molar-refractivity contribution in [3.63, 3.8) is 0 Å². The normalized spacial score (nSPS) is 12.1. The summed E-state index contributed by atoms with van der Waals surface area (Å²) in [6, 6.07) is 139. The first-order valence-corrected chi connectivity index (χ1v) is 54.3. The number of phenolic OH excluding ortho intramolecular Hbond substituents is 3.